The fourth-order valence-electron chi connectivity index (χ4n) is 2.70. The van der Waals surface area contributed by atoms with Crippen LogP contribution in [0, 0.1) is 11.8 Å². The summed E-state index contributed by atoms with van der Waals surface area (Å²) in [5.41, 5.74) is -0.460. The number of ether oxygens (including phenoxy) is 1. The van der Waals surface area contributed by atoms with Gasteiger partial charge in [0.2, 0.25) is 0 Å². The van der Waals surface area contributed by atoms with Gasteiger partial charge in [-0.3, -0.25) is 0 Å². The number of rotatable bonds is 2. The molecule has 14 heavy (non-hydrogen) atoms. The van der Waals surface area contributed by atoms with Crippen molar-refractivity contribution in [2.24, 2.45) is 11.8 Å². The predicted octanol–water partition coefficient (Wildman–Crippen LogP) is 3.29. The van der Waals surface area contributed by atoms with Crippen LogP contribution in [0.25, 0.3) is 0 Å². The number of carbonyl (C=O) groups is 1. The largest absolute Gasteiger partial charge is 0.506 e. The normalized spacial score (nSPS) is 33.0. The van der Waals surface area contributed by atoms with E-state index in [1.54, 1.807) is 0 Å². The Balaban J connectivity index is 2.73. The lowest BCUT2D eigenvalue weighted by Gasteiger charge is -2.42. The Hall–Kier alpha value is -0.730. The molecule has 0 bridgehead atoms. The standard InChI is InChI=1S/C11H20O3/c1-8(2)9-6-4-5-7-11(9,3)14-10(12)13/h8-9H,4-7H2,1-3H3,(H,12,13). The van der Waals surface area contributed by atoms with Gasteiger partial charge in [-0.25, -0.2) is 4.79 Å². The van der Waals surface area contributed by atoms with Gasteiger partial charge in [-0.1, -0.05) is 20.3 Å². The molecule has 82 valence electrons. The van der Waals surface area contributed by atoms with E-state index in [4.69, 9.17) is 9.84 Å². The first kappa shape index (κ1) is 11.3. The quantitative estimate of drug-likeness (QED) is 0.696. The second-order valence-electron chi connectivity index (χ2n) is 4.78. The Kier molecular flexibility index (Phi) is 3.40. The van der Waals surface area contributed by atoms with Crippen molar-refractivity contribution in [2.75, 3.05) is 0 Å². The van der Waals surface area contributed by atoms with Gasteiger partial charge in [0.1, 0.15) is 5.60 Å². The summed E-state index contributed by atoms with van der Waals surface area (Å²) >= 11 is 0. The van der Waals surface area contributed by atoms with Gasteiger partial charge in [0.05, 0.1) is 0 Å². The summed E-state index contributed by atoms with van der Waals surface area (Å²) in [7, 11) is 0. The van der Waals surface area contributed by atoms with E-state index in [2.05, 4.69) is 13.8 Å². The Morgan fingerprint density at radius 2 is 2.14 bits per heavy atom. The Labute approximate surface area is 85.5 Å². The van der Waals surface area contributed by atoms with Crippen LogP contribution >= 0.6 is 0 Å². The number of hydrogen-bond acceptors (Lipinski definition) is 2. The zero-order valence-electron chi connectivity index (χ0n) is 9.25. The van der Waals surface area contributed by atoms with E-state index in [1.807, 2.05) is 6.92 Å². The third-order valence-electron chi connectivity index (χ3n) is 3.35. The van der Waals surface area contributed by atoms with Crippen molar-refractivity contribution in [3.63, 3.8) is 0 Å². The van der Waals surface area contributed by atoms with Crippen molar-refractivity contribution < 1.29 is 14.6 Å². The lowest BCUT2D eigenvalue weighted by Crippen LogP contribution is -2.44. The summed E-state index contributed by atoms with van der Waals surface area (Å²) in [5, 5.41) is 8.71. The van der Waals surface area contributed by atoms with Crippen LogP contribution in [-0.4, -0.2) is 16.9 Å². The number of hydrogen-bond donors (Lipinski definition) is 1. The highest BCUT2D eigenvalue weighted by atomic mass is 16.7. The molecule has 1 fully saturated rings. The molecule has 1 aliphatic carbocycles. The minimum Gasteiger partial charge on any atom is -0.450 e. The lowest BCUT2D eigenvalue weighted by atomic mass is 9.71. The molecule has 3 nitrogen and oxygen atoms in total. The van der Waals surface area contributed by atoms with Gasteiger partial charge in [-0.15, -0.1) is 0 Å². The molecule has 0 heterocycles. The van der Waals surface area contributed by atoms with Gasteiger partial charge in [-0.05, 0) is 32.1 Å². The third-order valence-corrected chi connectivity index (χ3v) is 3.35. The van der Waals surface area contributed by atoms with Gasteiger partial charge in [0.15, 0.2) is 0 Å². The molecule has 3 heteroatoms. The van der Waals surface area contributed by atoms with Crippen molar-refractivity contribution >= 4 is 6.16 Å². The molecule has 0 aliphatic heterocycles. The summed E-state index contributed by atoms with van der Waals surface area (Å²) in [5.74, 6) is 0.854. The van der Waals surface area contributed by atoms with Crippen LogP contribution in [0.1, 0.15) is 46.5 Å². The highest BCUT2D eigenvalue weighted by molar-refractivity contribution is 5.57. The Morgan fingerprint density at radius 1 is 1.50 bits per heavy atom. The van der Waals surface area contributed by atoms with Crippen LogP contribution in [0.4, 0.5) is 4.79 Å². The molecule has 1 aliphatic rings. The second-order valence-corrected chi connectivity index (χ2v) is 4.78. The monoisotopic (exact) mass is 200 g/mol. The second kappa shape index (κ2) is 4.20. The highest BCUT2D eigenvalue weighted by Crippen LogP contribution is 2.40. The van der Waals surface area contributed by atoms with Crippen LogP contribution in [0.5, 0.6) is 0 Å². The molecule has 2 atom stereocenters. The first-order chi connectivity index (χ1) is 6.46. The van der Waals surface area contributed by atoms with Gasteiger partial charge >= 0.3 is 6.16 Å². The minimum atomic E-state index is -1.14. The Bertz CT molecular complexity index is 213. The summed E-state index contributed by atoms with van der Waals surface area (Å²) in [6.45, 7) is 6.21. The van der Waals surface area contributed by atoms with Crippen molar-refractivity contribution in [3.8, 4) is 0 Å². The Morgan fingerprint density at radius 3 is 2.64 bits per heavy atom. The van der Waals surface area contributed by atoms with Gasteiger partial charge in [0, 0.05) is 5.92 Å². The van der Waals surface area contributed by atoms with Crippen LogP contribution in [0.2, 0.25) is 0 Å². The first-order valence-corrected chi connectivity index (χ1v) is 5.37. The molecule has 0 radical (unpaired) electrons. The lowest BCUT2D eigenvalue weighted by molar-refractivity contribution is -0.0789. The van der Waals surface area contributed by atoms with Gasteiger partial charge < -0.3 is 9.84 Å². The molecular formula is C11H20O3. The van der Waals surface area contributed by atoms with Crippen molar-refractivity contribution in [1.29, 1.82) is 0 Å². The van der Waals surface area contributed by atoms with Crippen molar-refractivity contribution in [3.05, 3.63) is 0 Å². The fourth-order valence-corrected chi connectivity index (χ4v) is 2.70. The molecular weight excluding hydrogens is 180 g/mol. The molecule has 1 rings (SSSR count). The fraction of sp³-hybridized carbons (Fsp3) is 0.909. The van der Waals surface area contributed by atoms with Crippen LogP contribution < -0.4 is 0 Å². The van der Waals surface area contributed by atoms with E-state index in [9.17, 15) is 4.79 Å². The summed E-state index contributed by atoms with van der Waals surface area (Å²) < 4.78 is 5.07. The summed E-state index contributed by atoms with van der Waals surface area (Å²) in [6.07, 6.45) is 3.08. The molecule has 1 N–H and O–H groups in total. The van der Waals surface area contributed by atoms with E-state index < -0.39 is 11.8 Å². The molecule has 2 unspecified atom stereocenters. The summed E-state index contributed by atoms with van der Waals surface area (Å²) in [6, 6.07) is 0. The molecule has 0 amide bonds. The van der Waals surface area contributed by atoms with Crippen LogP contribution in [0.3, 0.4) is 0 Å². The maximum Gasteiger partial charge on any atom is 0.506 e. The average molecular weight is 200 g/mol. The van der Waals surface area contributed by atoms with E-state index in [0.717, 1.165) is 19.3 Å². The smallest absolute Gasteiger partial charge is 0.450 e. The highest BCUT2D eigenvalue weighted by Gasteiger charge is 2.41. The zero-order chi connectivity index (χ0) is 10.8. The van der Waals surface area contributed by atoms with Crippen LogP contribution in [0.15, 0.2) is 0 Å². The molecule has 0 aromatic heterocycles. The minimum absolute atomic E-state index is 0.368. The molecule has 1 saturated carbocycles. The van der Waals surface area contributed by atoms with Crippen LogP contribution in [-0.2, 0) is 4.74 Å². The molecule has 0 saturated heterocycles. The van der Waals surface area contributed by atoms with E-state index >= 15 is 0 Å². The number of carboxylic acid groups (broad SMARTS) is 1. The predicted molar refractivity (Wildman–Crippen MR) is 54.3 cm³/mol. The van der Waals surface area contributed by atoms with E-state index in [-0.39, 0.29) is 0 Å². The SMILES string of the molecule is CC(C)C1CCCCC1(C)OC(=O)O. The maximum absolute atomic E-state index is 10.6. The van der Waals surface area contributed by atoms with E-state index in [0.29, 0.717) is 11.8 Å². The molecule has 0 aromatic rings. The molecule has 0 aromatic carbocycles. The van der Waals surface area contributed by atoms with Gasteiger partial charge in [0.25, 0.3) is 0 Å². The third kappa shape index (κ3) is 2.40. The van der Waals surface area contributed by atoms with Crippen molar-refractivity contribution in [1.82, 2.24) is 0 Å². The molecule has 0 spiro atoms. The topological polar surface area (TPSA) is 46.5 Å². The average Bonchev–Trinajstić information content (AvgIpc) is 2.01. The van der Waals surface area contributed by atoms with Gasteiger partial charge in [-0.2, -0.15) is 0 Å². The zero-order valence-corrected chi connectivity index (χ0v) is 9.25. The first-order valence-electron chi connectivity index (χ1n) is 5.37. The van der Waals surface area contributed by atoms with E-state index in [1.165, 1.54) is 6.42 Å². The summed E-state index contributed by atoms with van der Waals surface area (Å²) in [4.78, 5) is 10.6. The van der Waals surface area contributed by atoms with Crippen molar-refractivity contribution in [2.45, 2.75) is 52.1 Å². The maximum atomic E-state index is 10.6.